The first kappa shape index (κ1) is 16.4. The minimum absolute atomic E-state index is 0.178. The lowest BCUT2D eigenvalue weighted by atomic mass is 9.94. The van der Waals surface area contributed by atoms with Gasteiger partial charge in [0.05, 0.1) is 7.11 Å². The molecule has 0 aliphatic rings. The summed E-state index contributed by atoms with van der Waals surface area (Å²) in [4.78, 5) is 11.7. The summed E-state index contributed by atoms with van der Waals surface area (Å²) in [5, 5.41) is 3.27. The number of ether oxygens (including phenoxy) is 2. The average molecular weight is 245 g/mol. The van der Waals surface area contributed by atoms with E-state index in [-0.39, 0.29) is 5.97 Å². The second kappa shape index (κ2) is 9.42. The third-order valence-electron chi connectivity index (χ3n) is 2.82. The van der Waals surface area contributed by atoms with Crippen molar-refractivity contribution in [3.05, 3.63) is 0 Å². The topological polar surface area (TPSA) is 47.6 Å². The highest BCUT2D eigenvalue weighted by molar-refractivity contribution is 5.80. The Morgan fingerprint density at radius 2 is 2.00 bits per heavy atom. The van der Waals surface area contributed by atoms with Gasteiger partial charge in [0, 0.05) is 13.2 Å². The molecule has 0 aromatic heterocycles. The summed E-state index contributed by atoms with van der Waals surface area (Å²) >= 11 is 0. The number of rotatable bonds is 10. The van der Waals surface area contributed by atoms with Crippen molar-refractivity contribution in [2.24, 2.45) is 0 Å². The average Bonchev–Trinajstić information content (AvgIpc) is 2.35. The van der Waals surface area contributed by atoms with E-state index in [2.05, 4.69) is 12.2 Å². The Morgan fingerprint density at radius 3 is 2.53 bits per heavy atom. The van der Waals surface area contributed by atoms with Crippen LogP contribution in [-0.4, -0.2) is 38.4 Å². The van der Waals surface area contributed by atoms with E-state index in [9.17, 15) is 4.79 Å². The van der Waals surface area contributed by atoms with Crippen LogP contribution in [0.25, 0.3) is 0 Å². The van der Waals surface area contributed by atoms with Gasteiger partial charge in [-0.2, -0.15) is 0 Å². The quantitative estimate of drug-likeness (QED) is 0.473. The maximum absolute atomic E-state index is 11.7. The summed E-state index contributed by atoms with van der Waals surface area (Å²) in [6.07, 6.45) is 3.73. The van der Waals surface area contributed by atoms with Crippen LogP contribution in [0.5, 0.6) is 0 Å². The molecule has 4 nitrogen and oxygen atoms in total. The largest absolute Gasteiger partial charge is 0.468 e. The van der Waals surface area contributed by atoms with Gasteiger partial charge in [0.2, 0.25) is 0 Å². The summed E-state index contributed by atoms with van der Waals surface area (Å²) in [6.45, 7) is 8.33. The molecular formula is C13H27NO3. The fourth-order valence-electron chi connectivity index (χ4n) is 1.72. The molecule has 0 amide bonds. The molecule has 0 aromatic carbocycles. The predicted octanol–water partition coefficient (Wildman–Crippen LogP) is 2.12. The van der Waals surface area contributed by atoms with Gasteiger partial charge < -0.3 is 14.8 Å². The summed E-state index contributed by atoms with van der Waals surface area (Å²) in [5.74, 6) is -0.178. The Hall–Kier alpha value is -0.610. The molecule has 4 heteroatoms. The molecule has 0 bridgehead atoms. The minimum Gasteiger partial charge on any atom is -0.468 e. The molecule has 102 valence electrons. The van der Waals surface area contributed by atoms with Gasteiger partial charge in [0.1, 0.15) is 5.54 Å². The first-order chi connectivity index (χ1) is 8.10. The first-order valence-electron chi connectivity index (χ1n) is 6.52. The van der Waals surface area contributed by atoms with Crippen LogP contribution in [0.15, 0.2) is 0 Å². The molecule has 0 radical (unpaired) electrons. The van der Waals surface area contributed by atoms with Gasteiger partial charge in [-0.05, 0) is 46.1 Å². The van der Waals surface area contributed by atoms with Gasteiger partial charge in [-0.15, -0.1) is 0 Å². The highest BCUT2D eigenvalue weighted by Gasteiger charge is 2.32. The zero-order chi connectivity index (χ0) is 13.1. The number of nitrogens with one attached hydrogen (secondary N) is 1. The Bertz CT molecular complexity index is 209. The third kappa shape index (κ3) is 6.64. The van der Waals surface area contributed by atoms with E-state index < -0.39 is 5.54 Å². The summed E-state index contributed by atoms with van der Waals surface area (Å²) in [6, 6.07) is 0. The van der Waals surface area contributed by atoms with E-state index >= 15 is 0 Å². The lowest BCUT2D eigenvalue weighted by molar-refractivity contribution is -0.148. The van der Waals surface area contributed by atoms with Crippen LogP contribution in [0.2, 0.25) is 0 Å². The SMILES string of the molecule is CCCNC(C)(CCCCOCC)C(=O)OC. The number of unbranched alkanes of at least 4 members (excludes halogenated alkanes) is 1. The van der Waals surface area contributed by atoms with Crippen molar-refractivity contribution in [2.45, 2.75) is 52.0 Å². The summed E-state index contributed by atoms with van der Waals surface area (Å²) < 4.78 is 10.1. The smallest absolute Gasteiger partial charge is 0.325 e. The summed E-state index contributed by atoms with van der Waals surface area (Å²) in [7, 11) is 1.44. The van der Waals surface area contributed by atoms with Gasteiger partial charge in [0.15, 0.2) is 0 Å². The Labute approximate surface area is 105 Å². The van der Waals surface area contributed by atoms with Crippen LogP contribution in [0, 0.1) is 0 Å². The van der Waals surface area contributed by atoms with Crippen LogP contribution in [0.4, 0.5) is 0 Å². The first-order valence-corrected chi connectivity index (χ1v) is 6.52. The molecule has 1 N–H and O–H groups in total. The van der Waals surface area contributed by atoms with Crippen LogP contribution in [-0.2, 0) is 14.3 Å². The number of carbonyl (C=O) groups excluding carboxylic acids is 1. The van der Waals surface area contributed by atoms with Crippen molar-refractivity contribution in [3.63, 3.8) is 0 Å². The van der Waals surface area contributed by atoms with Gasteiger partial charge in [0.25, 0.3) is 0 Å². The van der Waals surface area contributed by atoms with Crippen LogP contribution >= 0.6 is 0 Å². The highest BCUT2D eigenvalue weighted by Crippen LogP contribution is 2.16. The number of carbonyl (C=O) groups is 1. The Kier molecular flexibility index (Phi) is 9.09. The fraction of sp³-hybridized carbons (Fsp3) is 0.923. The number of hydrogen-bond donors (Lipinski definition) is 1. The van der Waals surface area contributed by atoms with E-state index in [1.54, 1.807) is 0 Å². The predicted molar refractivity (Wildman–Crippen MR) is 69.1 cm³/mol. The molecule has 0 aliphatic heterocycles. The van der Waals surface area contributed by atoms with Crippen molar-refractivity contribution in [1.29, 1.82) is 0 Å². The van der Waals surface area contributed by atoms with Crippen molar-refractivity contribution in [3.8, 4) is 0 Å². The fourth-order valence-corrected chi connectivity index (χ4v) is 1.72. The van der Waals surface area contributed by atoms with Crippen molar-refractivity contribution in [1.82, 2.24) is 5.32 Å². The summed E-state index contributed by atoms with van der Waals surface area (Å²) in [5.41, 5.74) is -0.559. The van der Waals surface area contributed by atoms with Crippen LogP contribution < -0.4 is 5.32 Å². The van der Waals surface area contributed by atoms with Gasteiger partial charge >= 0.3 is 5.97 Å². The number of esters is 1. The van der Waals surface area contributed by atoms with Crippen molar-refractivity contribution >= 4 is 5.97 Å². The molecule has 1 atom stereocenters. The number of methoxy groups -OCH3 is 1. The lowest BCUT2D eigenvalue weighted by Crippen LogP contribution is -2.50. The molecule has 0 rings (SSSR count). The lowest BCUT2D eigenvalue weighted by Gasteiger charge is -2.28. The van der Waals surface area contributed by atoms with Crippen molar-refractivity contribution < 1.29 is 14.3 Å². The van der Waals surface area contributed by atoms with Crippen molar-refractivity contribution in [2.75, 3.05) is 26.9 Å². The third-order valence-corrected chi connectivity index (χ3v) is 2.82. The molecule has 0 fully saturated rings. The zero-order valence-corrected chi connectivity index (χ0v) is 11.7. The second-order valence-electron chi connectivity index (χ2n) is 4.40. The van der Waals surface area contributed by atoms with Gasteiger partial charge in [-0.3, -0.25) is 4.79 Å². The van der Waals surface area contributed by atoms with E-state index in [0.717, 1.165) is 45.4 Å². The molecule has 0 aromatic rings. The van der Waals surface area contributed by atoms with Gasteiger partial charge in [-0.1, -0.05) is 6.92 Å². The second-order valence-corrected chi connectivity index (χ2v) is 4.40. The minimum atomic E-state index is -0.559. The molecule has 17 heavy (non-hydrogen) atoms. The number of hydrogen-bond acceptors (Lipinski definition) is 4. The molecule has 0 spiro atoms. The Balaban J connectivity index is 4.05. The van der Waals surface area contributed by atoms with Gasteiger partial charge in [-0.25, -0.2) is 0 Å². The highest BCUT2D eigenvalue weighted by atomic mass is 16.5. The molecule has 0 saturated heterocycles. The molecule has 0 saturated carbocycles. The van der Waals surface area contributed by atoms with E-state index in [1.807, 2.05) is 13.8 Å². The maximum Gasteiger partial charge on any atom is 0.325 e. The molecule has 0 aliphatic carbocycles. The normalized spacial score (nSPS) is 14.4. The zero-order valence-electron chi connectivity index (χ0n) is 11.7. The Morgan fingerprint density at radius 1 is 1.29 bits per heavy atom. The van der Waals surface area contributed by atoms with Crippen LogP contribution in [0.3, 0.4) is 0 Å². The van der Waals surface area contributed by atoms with E-state index in [4.69, 9.17) is 9.47 Å². The van der Waals surface area contributed by atoms with Crippen LogP contribution in [0.1, 0.15) is 46.5 Å². The maximum atomic E-state index is 11.7. The van der Waals surface area contributed by atoms with E-state index in [0.29, 0.717) is 0 Å². The molecular weight excluding hydrogens is 218 g/mol. The monoisotopic (exact) mass is 245 g/mol. The molecule has 1 unspecified atom stereocenters. The van der Waals surface area contributed by atoms with E-state index in [1.165, 1.54) is 7.11 Å². The molecule has 0 heterocycles. The standard InChI is InChI=1S/C13H27NO3/c1-5-10-14-13(3,12(15)16-4)9-7-8-11-17-6-2/h14H,5-11H2,1-4H3.